The molecule has 0 saturated heterocycles. The molecule has 22 heavy (non-hydrogen) atoms. The normalized spacial score (nSPS) is 12.5. The number of hydrogen-bond donors (Lipinski definition) is 0. The van der Waals surface area contributed by atoms with Crippen molar-refractivity contribution in [1.29, 1.82) is 0 Å². The molecule has 0 fully saturated rings. The number of hydrogen-bond acceptors (Lipinski definition) is 5. The van der Waals surface area contributed by atoms with Crippen molar-refractivity contribution >= 4 is 17.3 Å². The molecule has 0 amide bonds. The highest BCUT2D eigenvalue weighted by Crippen LogP contribution is 2.31. The third kappa shape index (κ3) is 3.44. The van der Waals surface area contributed by atoms with Crippen LogP contribution < -0.4 is 5.56 Å². The zero-order valence-electron chi connectivity index (χ0n) is 13.4. The minimum atomic E-state index is -0.443. The molecule has 0 bridgehead atoms. The van der Waals surface area contributed by atoms with Crippen LogP contribution in [0, 0.1) is 6.92 Å². The van der Waals surface area contributed by atoms with E-state index in [1.807, 2.05) is 13.8 Å². The number of aryl methyl sites for hydroxylation is 2. The number of esters is 1. The lowest BCUT2D eigenvalue weighted by Gasteiger charge is -2.12. The fourth-order valence-electron chi connectivity index (χ4n) is 2.05. The smallest absolute Gasteiger partial charge is 0.340 e. The van der Waals surface area contributed by atoms with Gasteiger partial charge >= 0.3 is 5.97 Å². The van der Waals surface area contributed by atoms with Gasteiger partial charge in [-0.15, -0.1) is 11.3 Å². The van der Waals surface area contributed by atoms with E-state index in [1.54, 1.807) is 18.4 Å². The van der Waals surface area contributed by atoms with Crippen molar-refractivity contribution in [2.45, 2.75) is 39.7 Å². The number of aromatic nitrogens is 2. The Kier molecular flexibility index (Phi) is 4.81. The Labute approximate surface area is 133 Å². The van der Waals surface area contributed by atoms with E-state index in [9.17, 15) is 9.59 Å². The second-order valence-electron chi connectivity index (χ2n) is 5.57. The van der Waals surface area contributed by atoms with Gasteiger partial charge in [0.25, 0.3) is 0 Å². The van der Waals surface area contributed by atoms with Gasteiger partial charge in [0.05, 0.1) is 21.1 Å². The van der Waals surface area contributed by atoms with E-state index in [-0.39, 0.29) is 11.7 Å². The Morgan fingerprint density at radius 3 is 2.55 bits per heavy atom. The Bertz CT molecular complexity index is 746. The van der Waals surface area contributed by atoms with Crippen molar-refractivity contribution in [3.63, 3.8) is 0 Å². The average Bonchev–Trinajstić information content (AvgIpc) is 2.84. The van der Waals surface area contributed by atoms with Crippen molar-refractivity contribution < 1.29 is 9.53 Å². The van der Waals surface area contributed by atoms with Gasteiger partial charge in [0.1, 0.15) is 6.10 Å². The molecule has 0 spiro atoms. The van der Waals surface area contributed by atoms with Gasteiger partial charge in [0.15, 0.2) is 0 Å². The molecular weight excluding hydrogens is 300 g/mol. The topological polar surface area (TPSA) is 61.2 Å². The fraction of sp³-hybridized carbons (Fsp3) is 0.438. The highest BCUT2D eigenvalue weighted by molar-refractivity contribution is 7.11. The van der Waals surface area contributed by atoms with Crippen LogP contribution in [0.3, 0.4) is 0 Å². The van der Waals surface area contributed by atoms with Crippen molar-refractivity contribution in [3.05, 3.63) is 49.8 Å². The molecular formula is C16H20N2O3S. The predicted molar refractivity (Wildman–Crippen MR) is 86.5 cm³/mol. The van der Waals surface area contributed by atoms with Gasteiger partial charge < -0.3 is 9.30 Å². The fourth-order valence-corrected chi connectivity index (χ4v) is 3.10. The molecule has 0 aliphatic carbocycles. The predicted octanol–water partition coefficient (Wildman–Crippen LogP) is 3.19. The highest BCUT2D eigenvalue weighted by atomic mass is 32.1. The van der Waals surface area contributed by atoms with Crippen molar-refractivity contribution in [2.75, 3.05) is 0 Å². The summed E-state index contributed by atoms with van der Waals surface area (Å²) in [4.78, 5) is 29.0. The molecule has 6 heteroatoms. The molecule has 2 rings (SSSR count). The Morgan fingerprint density at radius 1 is 1.32 bits per heavy atom. The van der Waals surface area contributed by atoms with Gasteiger partial charge in [-0.25, -0.2) is 9.78 Å². The maximum atomic E-state index is 12.2. The van der Waals surface area contributed by atoms with Gasteiger partial charge in [-0.3, -0.25) is 4.79 Å². The molecule has 0 aliphatic rings. The van der Waals surface area contributed by atoms with E-state index >= 15 is 0 Å². The zero-order valence-corrected chi connectivity index (χ0v) is 14.2. The van der Waals surface area contributed by atoms with Crippen LogP contribution in [0.5, 0.6) is 0 Å². The molecule has 2 heterocycles. The Morgan fingerprint density at radius 2 is 2.00 bits per heavy atom. The summed E-state index contributed by atoms with van der Waals surface area (Å²) in [6.45, 7) is 7.94. The number of pyridine rings is 1. The first-order chi connectivity index (χ1) is 10.3. The standard InChI is InChI=1S/C16H20N2O3S/c1-9(2)15-17-10(3)14(22-15)11(4)21-16(20)12-6-7-13(19)18(5)8-12/h6-9,11H,1-5H3/t11-/m1/s1. The summed E-state index contributed by atoms with van der Waals surface area (Å²) in [5, 5.41) is 1.04. The summed E-state index contributed by atoms with van der Waals surface area (Å²) >= 11 is 1.57. The minimum Gasteiger partial charge on any atom is -0.453 e. The van der Waals surface area contributed by atoms with E-state index < -0.39 is 5.97 Å². The largest absolute Gasteiger partial charge is 0.453 e. The third-order valence-electron chi connectivity index (χ3n) is 3.32. The van der Waals surface area contributed by atoms with Gasteiger partial charge in [-0.2, -0.15) is 0 Å². The highest BCUT2D eigenvalue weighted by Gasteiger charge is 2.20. The molecule has 0 N–H and O–H groups in total. The molecule has 0 aliphatic heterocycles. The van der Waals surface area contributed by atoms with E-state index in [0.717, 1.165) is 15.6 Å². The molecule has 0 unspecified atom stereocenters. The maximum Gasteiger partial charge on any atom is 0.340 e. The lowest BCUT2D eigenvalue weighted by Crippen LogP contribution is -2.18. The van der Waals surface area contributed by atoms with E-state index in [4.69, 9.17) is 4.74 Å². The van der Waals surface area contributed by atoms with Crippen LogP contribution in [0.1, 0.15) is 58.7 Å². The molecule has 0 aromatic carbocycles. The van der Waals surface area contributed by atoms with Crippen LogP contribution in [0.15, 0.2) is 23.1 Å². The number of nitrogens with zero attached hydrogens (tertiary/aromatic N) is 2. The van der Waals surface area contributed by atoms with E-state index in [0.29, 0.717) is 11.5 Å². The molecule has 0 saturated carbocycles. The summed E-state index contributed by atoms with van der Waals surface area (Å²) < 4.78 is 6.86. The Hall–Kier alpha value is -1.95. The van der Waals surface area contributed by atoms with Gasteiger partial charge in [-0.05, 0) is 19.9 Å². The molecule has 5 nitrogen and oxygen atoms in total. The van der Waals surface area contributed by atoms with Crippen LogP contribution in [-0.2, 0) is 11.8 Å². The number of carbonyl (C=O) groups excluding carboxylic acids is 1. The van der Waals surface area contributed by atoms with E-state index in [1.165, 1.54) is 22.9 Å². The monoisotopic (exact) mass is 320 g/mol. The third-order valence-corrected chi connectivity index (χ3v) is 4.94. The first-order valence-electron chi connectivity index (χ1n) is 7.14. The van der Waals surface area contributed by atoms with Gasteiger partial charge in [-0.1, -0.05) is 13.8 Å². The summed E-state index contributed by atoms with van der Waals surface area (Å²) in [6, 6.07) is 2.84. The second kappa shape index (κ2) is 6.44. The first-order valence-corrected chi connectivity index (χ1v) is 7.96. The van der Waals surface area contributed by atoms with Gasteiger partial charge in [0, 0.05) is 25.2 Å². The van der Waals surface area contributed by atoms with Gasteiger partial charge in [0.2, 0.25) is 5.56 Å². The summed E-state index contributed by atoms with van der Waals surface area (Å²) in [5.41, 5.74) is 1.10. The molecule has 2 aromatic rings. The van der Waals surface area contributed by atoms with Crippen LogP contribution in [0.4, 0.5) is 0 Å². The van der Waals surface area contributed by atoms with Crippen LogP contribution >= 0.6 is 11.3 Å². The Balaban J connectivity index is 2.17. The maximum absolute atomic E-state index is 12.2. The van der Waals surface area contributed by atoms with Crippen LogP contribution in [0.2, 0.25) is 0 Å². The zero-order chi connectivity index (χ0) is 16.4. The summed E-state index contributed by atoms with van der Waals surface area (Å²) in [7, 11) is 1.60. The minimum absolute atomic E-state index is 0.163. The molecule has 2 aromatic heterocycles. The molecule has 1 atom stereocenters. The van der Waals surface area contributed by atoms with Crippen molar-refractivity contribution in [2.24, 2.45) is 7.05 Å². The second-order valence-corrected chi connectivity index (χ2v) is 6.63. The van der Waals surface area contributed by atoms with Crippen LogP contribution in [0.25, 0.3) is 0 Å². The summed E-state index contributed by atoms with van der Waals surface area (Å²) in [6.07, 6.45) is 1.12. The lowest BCUT2D eigenvalue weighted by atomic mass is 10.2. The lowest BCUT2D eigenvalue weighted by molar-refractivity contribution is 0.0342. The summed E-state index contributed by atoms with van der Waals surface area (Å²) in [5.74, 6) is -0.0917. The van der Waals surface area contributed by atoms with E-state index in [2.05, 4.69) is 18.8 Å². The SMILES string of the molecule is Cc1nc(C(C)C)sc1[C@@H](C)OC(=O)c1ccc(=O)n(C)c1. The average molecular weight is 320 g/mol. The van der Waals surface area contributed by atoms with Crippen molar-refractivity contribution in [3.8, 4) is 0 Å². The van der Waals surface area contributed by atoms with Crippen molar-refractivity contribution in [1.82, 2.24) is 9.55 Å². The first kappa shape index (κ1) is 16.4. The number of rotatable bonds is 4. The number of carbonyl (C=O) groups is 1. The molecule has 118 valence electrons. The number of thiazole rings is 1. The van der Waals surface area contributed by atoms with Crippen LogP contribution in [-0.4, -0.2) is 15.5 Å². The molecule has 0 radical (unpaired) electrons. The number of ether oxygens (including phenoxy) is 1. The quantitative estimate of drug-likeness (QED) is 0.812.